The minimum Gasteiger partial charge on any atom is -0.147 e. The van der Waals surface area contributed by atoms with Gasteiger partial charge in [-0.2, -0.15) is 0 Å². The van der Waals surface area contributed by atoms with Gasteiger partial charge >= 0.3 is 0 Å². The number of benzene rings is 4. The summed E-state index contributed by atoms with van der Waals surface area (Å²) in [5.41, 5.74) is 0. The van der Waals surface area contributed by atoms with Gasteiger partial charge in [0.25, 0.3) is 0 Å². The third-order valence-corrected chi connectivity index (χ3v) is 10.2. The summed E-state index contributed by atoms with van der Waals surface area (Å²) in [4.78, 5) is 0. The summed E-state index contributed by atoms with van der Waals surface area (Å²) < 4.78 is 0. The van der Waals surface area contributed by atoms with Gasteiger partial charge in [-0.3, -0.25) is 0 Å². The molecule has 162 valence electrons. The largest absolute Gasteiger partial charge is 0.147 e. The first kappa shape index (κ1) is 25.9. The van der Waals surface area contributed by atoms with Crippen molar-refractivity contribution in [3.8, 4) is 0 Å². The van der Waals surface area contributed by atoms with E-state index in [-0.39, 0.29) is 48.7 Å². The van der Waals surface area contributed by atoms with Crippen LogP contribution < -0.4 is 21.2 Å². The molecule has 4 heteroatoms. The first-order valence-corrected chi connectivity index (χ1v) is 13.2. The van der Waals surface area contributed by atoms with Gasteiger partial charge in [0, 0.05) is 20.4 Å². The molecule has 0 aliphatic heterocycles. The minimum absolute atomic E-state index is 0. The Balaban J connectivity index is 0.00000171. The van der Waals surface area contributed by atoms with E-state index < -0.39 is 0 Å². The summed E-state index contributed by atoms with van der Waals surface area (Å²) in [5, 5.41) is 5.94. The molecule has 0 nitrogen and oxygen atoms in total. The fourth-order valence-corrected chi connectivity index (χ4v) is 8.59. The zero-order valence-corrected chi connectivity index (χ0v) is 21.4. The molecular formula is C27H27ClP2Pd. The standard InChI is InChI=1S/C27H26P2.ClH.Pd/c1-5-14-24(15-6-1)28(25-16-7-2-8-17-25)22-13-23-29(26-18-9-3-10-19-26)27-20-11-4-12-21-27;;/h1-12,14-21H,13,22-23H2;1H;. The van der Waals surface area contributed by atoms with E-state index in [2.05, 4.69) is 121 Å². The molecule has 31 heavy (non-hydrogen) atoms. The molecule has 0 saturated carbocycles. The Labute approximate surface area is 209 Å². The molecule has 0 bridgehead atoms. The van der Waals surface area contributed by atoms with Crippen LogP contribution in [0.1, 0.15) is 6.42 Å². The predicted molar refractivity (Wildman–Crippen MR) is 140 cm³/mol. The van der Waals surface area contributed by atoms with Crippen LogP contribution in [0, 0.1) is 0 Å². The molecule has 0 aliphatic rings. The van der Waals surface area contributed by atoms with Gasteiger partial charge in [0.05, 0.1) is 0 Å². The minimum atomic E-state index is -0.309. The van der Waals surface area contributed by atoms with Crippen molar-refractivity contribution in [3.05, 3.63) is 121 Å². The van der Waals surface area contributed by atoms with Crippen LogP contribution in [0.4, 0.5) is 0 Å². The molecule has 0 N–H and O–H groups in total. The monoisotopic (exact) mass is 554 g/mol. The van der Waals surface area contributed by atoms with Crippen LogP contribution in [0.5, 0.6) is 0 Å². The maximum absolute atomic E-state index is 2.30. The van der Waals surface area contributed by atoms with Gasteiger partial charge in [-0.1, -0.05) is 121 Å². The van der Waals surface area contributed by atoms with Gasteiger partial charge in [0.2, 0.25) is 0 Å². The Morgan fingerprint density at radius 1 is 0.387 bits per heavy atom. The second-order valence-electron chi connectivity index (χ2n) is 7.00. The van der Waals surface area contributed by atoms with Gasteiger partial charge in [0.15, 0.2) is 0 Å². The van der Waals surface area contributed by atoms with E-state index in [9.17, 15) is 0 Å². The number of halogens is 1. The van der Waals surface area contributed by atoms with E-state index in [4.69, 9.17) is 0 Å². The third-order valence-electron chi connectivity index (χ3n) is 5.03. The summed E-state index contributed by atoms with van der Waals surface area (Å²) in [6.45, 7) is 0. The molecular weight excluding hydrogens is 528 g/mol. The summed E-state index contributed by atoms with van der Waals surface area (Å²) in [5.74, 6) is 0. The van der Waals surface area contributed by atoms with Crippen molar-refractivity contribution < 1.29 is 20.4 Å². The molecule has 4 aromatic rings. The van der Waals surface area contributed by atoms with Crippen LogP contribution in [-0.4, -0.2) is 12.3 Å². The average molecular weight is 555 g/mol. The fraction of sp³-hybridized carbons (Fsp3) is 0.111. The summed E-state index contributed by atoms with van der Waals surface area (Å²) >= 11 is 0. The molecule has 0 spiro atoms. The maximum atomic E-state index is 2.30. The van der Waals surface area contributed by atoms with Crippen molar-refractivity contribution in [2.75, 3.05) is 12.3 Å². The molecule has 4 rings (SSSR count). The fourth-order valence-electron chi connectivity index (χ4n) is 3.63. The SMILES string of the molecule is Cl.[Pd].c1ccc(P(CCCP(c2ccccc2)c2ccccc2)c2ccccc2)cc1. The van der Waals surface area contributed by atoms with E-state index in [1.807, 2.05) is 0 Å². The van der Waals surface area contributed by atoms with Crippen LogP contribution in [0.3, 0.4) is 0 Å². The van der Waals surface area contributed by atoms with Crippen LogP contribution in [0.25, 0.3) is 0 Å². The van der Waals surface area contributed by atoms with Gasteiger partial charge < -0.3 is 0 Å². The Kier molecular flexibility index (Phi) is 11.7. The molecule has 0 amide bonds. The zero-order chi connectivity index (χ0) is 19.7. The quantitative estimate of drug-likeness (QED) is 0.183. The maximum Gasteiger partial charge on any atom is 0 e. The zero-order valence-electron chi connectivity index (χ0n) is 17.3. The first-order chi connectivity index (χ1) is 14.4. The van der Waals surface area contributed by atoms with Gasteiger partial charge in [-0.15, -0.1) is 12.4 Å². The molecule has 0 fully saturated rings. The molecule has 0 radical (unpaired) electrons. The van der Waals surface area contributed by atoms with Gasteiger partial charge in [-0.05, 0) is 55.8 Å². The summed E-state index contributed by atoms with van der Waals surface area (Å²) in [7, 11) is -0.618. The Morgan fingerprint density at radius 3 is 0.839 bits per heavy atom. The van der Waals surface area contributed by atoms with E-state index >= 15 is 0 Å². The van der Waals surface area contributed by atoms with Crippen molar-refractivity contribution in [2.24, 2.45) is 0 Å². The van der Waals surface area contributed by atoms with E-state index in [0.29, 0.717) is 0 Å². The first-order valence-electron chi connectivity index (χ1n) is 10.2. The molecule has 4 aromatic carbocycles. The molecule has 0 unspecified atom stereocenters. The smallest absolute Gasteiger partial charge is 0 e. The second kappa shape index (κ2) is 14.0. The number of hydrogen-bond donors (Lipinski definition) is 0. The van der Waals surface area contributed by atoms with Crippen molar-refractivity contribution in [1.29, 1.82) is 0 Å². The Morgan fingerprint density at radius 2 is 0.613 bits per heavy atom. The van der Waals surface area contributed by atoms with Crippen LogP contribution in [0.2, 0.25) is 0 Å². The molecule has 0 saturated heterocycles. The van der Waals surface area contributed by atoms with E-state index in [1.165, 1.54) is 40.0 Å². The van der Waals surface area contributed by atoms with E-state index in [1.54, 1.807) is 0 Å². The normalized spacial score (nSPS) is 10.4. The van der Waals surface area contributed by atoms with Gasteiger partial charge in [0.1, 0.15) is 0 Å². The number of hydrogen-bond acceptors (Lipinski definition) is 0. The Hall–Kier alpha value is -1.31. The van der Waals surface area contributed by atoms with Crippen molar-refractivity contribution >= 4 is 49.5 Å². The third kappa shape index (κ3) is 7.36. The summed E-state index contributed by atoms with van der Waals surface area (Å²) in [6, 6.07) is 44.3. The van der Waals surface area contributed by atoms with Crippen molar-refractivity contribution in [1.82, 2.24) is 0 Å². The van der Waals surface area contributed by atoms with Crippen LogP contribution in [0.15, 0.2) is 121 Å². The average Bonchev–Trinajstić information content (AvgIpc) is 2.81. The molecule has 0 atom stereocenters. The second-order valence-corrected chi connectivity index (χ2v) is 11.7. The molecule has 0 aliphatic carbocycles. The van der Waals surface area contributed by atoms with E-state index in [0.717, 1.165) is 0 Å². The molecule has 0 aromatic heterocycles. The Bertz CT molecular complexity index is 821. The summed E-state index contributed by atoms with van der Waals surface area (Å²) in [6.07, 6.45) is 3.72. The van der Waals surface area contributed by atoms with Crippen molar-refractivity contribution in [2.45, 2.75) is 6.42 Å². The van der Waals surface area contributed by atoms with Crippen LogP contribution >= 0.6 is 28.3 Å². The predicted octanol–water partition coefficient (Wildman–Crippen LogP) is 6.06. The van der Waals surface area contributed by atoms with Crippen LogP contribution in [-0.2, 0) is 20.4 Å². The topological polar surface area (TPSA) is 0 Å². The molecule has 0 heterocycles. The van der Waals surface area contributed by atoms with Gasteiger partial charge in [-0.25, -0.2) is 0 Å². The number of rotatable bonds is 8. The van der Waals surface area contributed by atoms with Crippen molar-refractivity contribution in [3.63, 3.8) is 0 Å².